The van der Waals surface area contributed by atoms with Gasteiger partial charge in [0, 0.05) is 28.2 Å². The first-order chi connectivity index (χ1) is 17.7. The molecule has 1 aromatic heterocycles. The van der Waals surface area contributed by atoms with Crippen LogP contribution in [-0.2, 0) is 22.6 Å². The number of hydrogen-bond donors (Lipinski definition) is 1. The first-order valence-electron chi connectivity index (χ1n) is 11.9. The van der Waals surface area contributed by atoms with Crippen LogP contribution < -0.4 is 10.6 Å². The van der Waals surface area contributed by atoms with E-state index in [4.69, 9.17) is 15.2 Å². The third kappa shape index (κ3) is 6.64. The van der Waals surface area contributed by atoms with E-state index in [0.29, 0.717) is 29.1 Å². The van der Waals surface area contributed by atoms with Gasteiger partial charge in [-0.25, -0.2) is 18.4 Å². The summed E-state index contributed by atoms with van der Waals surface area (Å²) in [4.78, 5) is 30.3. The van der Waals surface area contributed by atoms with Crippen LogP contribution in [0.15, 0.2) is 42.5 Å². The minimum atomic E-state index is -0.823. The fraction of sp³-hybridized carbons (Fsp3) is 0.333. The van der Waals surface area contributed by atoms with Gasteiger partial charge in [-0.15, -0.1) is 11.3 Å². The van der Waals surface area contributed by atoms with Gasteiger partial charge in [0.25, 0.3) is 0 Å². The van der Waals surface area contributed by atoms with Gasteiger partial charge in [-0.05, 0) is 57.3 Å². The fourth-order valence-electron chi connectivity index (χ4n) is 3.72. The highest BCUT2D eigenvalue weighted by atomic mass is 32.1. The minimum absolute atomic E-state index is 0.102. The molecule has 0 aliphatic carbocycles. The molecule has 2 N–H and O–H groups in total. The van der Waals surface area contributed by atoms with Gasteiger partial charge in [0.05, 0.1) is 25.3 Å². The predicted molar refractivity (Wildman–Crippen MR) is 142 cm³/mol. The molecular weight excluding hydrogens is 500 g/mol. The number of amides is 1. The Morgan fingerprint density at radius 1 is 0.946 bits per heavy atom. The second kappa shape index (κ2) is 12.6. The van der Waals surface area contributed by atoms with Crippen LogP contribution in [0.1, 0.15) is 41.8 Å². The summed E-state index contributed by atoms with van der Waals surface area (Å²) in [6.45, 7) is 3.59. The van der Waals surface area contributed by atoms with Gasteiger partial charge >= 0.3 is 12.1 Å². The van der Waals surface area contributed by atoms with Crippen molar-refractivity contribution < 1.29 is 27.8 Å². The maximum atomic E-state index is 14.7. The smallest absolute Gasteiger partial charge is 0.415 e. The zero-order chi connectivity index (χ0) is 27.1. The lowest BCUT2D eigenvalue weighted by molar-refractivity contribution is 0.0526. The van der Waals surface area contributed by atoms with Crippen LogP contribution in [0, 0.1) is 11.6 Å². The molecule has 0 saturated heterocycles. The molecule has 3 rings (SSSR count). The molecule has 0 spiro atoms. The Bertz CT molecular complexity index is 1220. The van der Waals surface area contributed by atoms with Crippen LogP contribution in [-0.4, -0.2) is 44.3 Å². The lowest BCUT2D eigenvalue weighted by Gasteiger charge is -2.23. The van der Waals surface area contributed by atoms with E-state index in [9.17, 15) is 18.4 Å². The summed E-state index contributed by atoms with van der Waals surface area (Å²) >= 11 is 1.15. The number of ether oxygens (including phenoxy) is 2. The molecule has 0 atom stereocenters. The summed E-state index contributed by atoms with van der Waals surface area (Å²) in [5, 5.41) is 0.186. The van der Waals surface area contributed by atoms with Crippen LogP contribution in [0.25, 0.3) is 10.4 Å². The number of halogens is 2. The zero-order valence-corrected chi connectivity index (χ0v) is 22.2. The van der Waals surface area contributed by atoms with Crippen molar-refractivity contribution in [3.63, 3.8) is 0 Å². The zero-order valence-electron chi connectivity index (χ0n) is 21.3. The Hall–Kier alpha value is -3.50. The largest absolute Gasteiger partial charge is 0.462 e. The Balaban J connectivity index is 2.29. The summed E-state index contributed by atoms with van der Waals surface area (Å²) in [7, 11) is 3.70. The van der Waals surface area contributed by atoms with Gasteiger partial charge in [0.15, 0.2) is 0 Å². The van der Waals surface area contributed by atoms with Crippen LogP contribution in [0.4, 0.5) is 24.3 Å². The summed E-state index contributed by atoms with van der Waals surface area (Å²) in [5.41, 5.74) is 7.67. The standard InChI is InChI=1S/C27H31F2N3O4S/c1-5-14-36-27(34)32(16-19-21(28)8-7-9-22(19)29)25-23(26(33)35-6-2)20(15-31(3)4)24(37-25)17-10-12-18(30)13-11-17/h7-13H,5-6,14-16,30H2,1-4H3. The van der Waals surface area contributed by atoms with E-state index in [0.717, 1.165) is 33.9 Å². The lowest BCUT2D eigenvalue weighted by Crippen LogP contribution is -2.33. The summed E-state index contributed by atoms with van der Waals surface area (Å²) in [5.74, 6) is -2.26. The second-order valence-corrected chi connectivity index (χ2v) is 9.57. The number of nitrogens with two attached hydrogens (primary N) is 1. The number of nitrogen functional groups attached to an aromatic ring is 1. The maximum absolute atomic E-state index is 14.7. The van der Waals surface area contributed by atoms with Gasteiger partial charge in [-0.3, -0.25) is 4.90 Å². The number of esters is 1. The van der Waals surface area contributed by atoms with Crippen molar-refractivity contribution in [1.29, 1.82) is 0 Å². The highest BCUT2D eigenvalue weighted by molar-refractivity contribution is 7.20. The van der Waals surface area contributed by atoms with E-state index >= 15 is 0 Å². The molecule has 0 aliphatic rings. The molecule has 198 valence electrons. The Morgan fingerprint density at radius 3 is 2.16 bits per heavy atom. The molecule has 0 fully saturated rings. The molecule has 37 heavy (non-hydrogen) atoms. The normalized spacial score (nSPS) is 11.0. The maximum Gasteiger partial charge on any atom is 0.415 e. The monoisotopic (exact) mass is 531 g/mol. The lowest BCUT2D eigenvalue weighted by atomic mass is 10.0. The van der Waals surface area contributed by atoms with E-state index in [1.807, 2.05) is 38.1 Å². The van der Waals surface area contributed by atoms with Crippen molar-refractivity contribution in [2.45, 2.75) is 33.4 Å². The SMILES string of the molecule is CCCOC(=O)N(Cc1c(F)cccc1F)c1sc(-c2ccc(N)cc2)c(CN(C)C)c1C(=O)OCC. The van der Waals surface area contributed by atoms with Crippen molar-refractivity contribution >= 4 is 34.1 Å². The third-order valence-corrected chi connectivity index (χ3v) is 6.69. The Kier molecular flexibility index (Phi) is 9.60. The number of anilines is 2. The van der Waals surface area contributed by atoms with Crippen LogP contribution in [0.5, 0.6) is 0 Å². The molecule has 1 heterocycles. The van der Waals surface area contributed by atoms with E-state index < -0.39 is 30.2 Å². The molecule has 10 heteroatoms. The van der Waals surface area contributed by atoms with Crippen molar-refractivity contribution in [2.24, 2.45) is 0 Å². The van der Waals surface area contributed by atoms with Crippen molar-refractivity contribution in [3.8, 4) is 10.4 Å². The molecule has 2 aromatic carbocycles. The number of benzene rings is 2. The number of rotatable bonds is 10. The first kappa shape index (κ1) is 28.1. The summed E-state index contributed by atoms with van der Waals surface area (Å²) < 4.78 is 40.1. The summed E-state index contributed by atoms with van der Waals surface area (Å²) in [6, 6.07) is 10.6. The average Bonchev–Trinajstić information content (AvgIpc) is 3.21. The average molecular weight is 532 g/mol. The molecular formula is C27H31F2N3O4S. The van der Waals surface area contributed by atoms with Gasteiger partial charge in [0.1, 0.15) is 16.6 Å². The minimum Gasteiger partial charge on any atom is -0.462 e. The highest BCUT2D eigenvalue weighted by Crippen LogP contribution is 2.44. The predicted octanol–water partition coefficient (Wildman–Crippen LogP) is 6.07. The number of hydrogen-bond acceptors (Lipinski definition) is 7. The molecule has 0 unspecified atom stereocenters. The first-order valence-corrected chi connectivity index (χ1v) is 12.7. The van der Waals surface area contributed by atoms with E-state index in [1.165, 1.54) is 6.07 Å². The van der Waals surface area contributed by atoms with Crippen LogP contribution >= 0.6 is 11.3 Å². The Labute approximate surface area is 219 Å². The quantitative estimate of drug-likeness (QED) is 0.253. The number of carbonyl (C=O) groups excluding carboxylic acids is 2. The van der Waals surface area contributed by atoms with Gasteiger partial charge < -0.3 is 20.1 Å². The fourth-order valence-corrected chi connectivity index (χ4v) is 5.01. The highest BCUT2D eigenvalue weighted by Gasteiger charge is 2.33. The number of thiophene rings is 1. The number of carbonyl (C=O) groups is 2. The van der Waals surface area contributed by atoms with Gasteiger partial charge in [-0.1, -0.05) is 25.1 Å². The second-order valence-electron chi connectivity index (χ2n) is 8.57. The van der Waals surface area contributed by atoms with E-state index in [-0.39, 0.29) is 29.3 Å². The van der Waals surface area contributed by atoms with E-state index in [1.54, 1.807) is 19.1 Å². The molecule has 0 aliphatic heterocycles. The Morgan fingerprint density at radius 2 is 1.59 bits per heavy atom. The van der Waals surface area contributed by atoms with Gasteiger partial charge in [-0.2, -0.15) is 0 Å². The van der Waals surface area contributed by atoms with Crippen molar-refractivity contribution in [2.75, 3.05) is 37.9 Å². The summed E-state index contributed by atoms with van der Waals surface area (Å²) in [6.07, 6.45) is -0.276. The molecule has 3 aromatic rings. The molecule has 1 amide bonds. The van der Waals surface area contributed by atoms with Crippen LogP contribution in [0.3, 0.4) is 0 Å². The van der Waals surface area contributed by atoms with Gasteiger partial charge in [0.2, 0.25) is 0 Å². The molecule has 0 radical (unpaired) electrons. The molecule has 7 nitrogen and oxygen atoms in total. The van der Waals surface area contributed by atoms with E-state index in [2.05, 4.69) is 0 Å². The molecule has 0 saturated carbocycles. The molecule has 0 bridgehead atoms. The van der Waals surface area contributed by atoms with Crippen LogP contribution in [0.2, 0.25) is 0 Å². The topological polar surface area (TPSA) is 85.1 Å². The number of nitrogens with zero attached hydrogens (tertiary/aromatic N) is 2. The van der Waals surface area contributed by atoms with Crippen molar-refractivity contribution in [1.82, 2.24) is 4.90 Å². The van der Waals surface area contributed by atoms with Crippen molar-refractivity contribution in [3.05, 3.63) is 70.8 Å². The third-order valence-electron chi connectivity index (χ3n) is 5.39.